The van der Waals surface area contributed by atoms with Crippen LogP contribution >= 0.6 is 11.6 Å². The predicted octanol–water partition coefficient (Wildman–Crippen LogP) is 4.39. The second-order valence-corrected chi connectivity index (χ2v) is 10.7. The van der Waals surface area contributed by atoms with Crippen molar-refractivity contribution in [3.05, 3.63) is 29.3 Å². The van der Waals surface area contributed by atoms with E-state index in [0.29, 0.717) is 62.3 Å². The largest absolute Gasteiger partial charge is 0.492 e. The highest BCUT2D eigenvalue weighted by Crippen LogP contribution is 2.60. The first kappa shape index (κ1) is 21.1. The highest BCUT2D eigenvalue weighted by molar-refractivity contribution is 6.32. The van der Waals surface area contributed by atoms with E-state index in [2.05, 4.69) is 4.90 Å². The Kier molecular flexibility index (Phi) is 5.89. The molecule has 0 N–H and O–H groups in total. The van der Waals surface area contributed by atoms with Crippen LogP contribution in [0.3, 0.4) is 0 Å². The molecule has 0 unspecified atom stereocenters. The van der Waals surface area contributed by atoms with Crippen molar-refractivity contribution in [2.24, 2.45) is 23.2 Å². The minimum absolute atomic E-state index is 0.0724. The fraction of sp³-hybridized carbons (Fsp3) is 0.680. The maximum atomic E-state index is 13.5. The zero-order chi connectivity index (χ0) is 21.4. The highest BCUT2D eigenvalue weighted by Gasteiger charge is 2.55. The molecular formula is C25H33ClN2O3. The van der Waals surface area contributed by atoms with E-state index < -0.39 is 0 Å². The summed E-state index contributed by atoms with van der Waals surface area (Å²) in [5, 5.41) is 0.591. The Morgan fingerprint density at radius 2 is 1.52 bits per heavy atom. The lowest BCUT2D eigenvalue weighted by Gasteiger charge is -2.57. The molecule has 6 heteroatoms. The third-order valence-corrected chi connectivity index (χ3v) is 8.35. The van der Waals surface area contributed by atoms with Gasteiger partial charge in [0.1, 0.15) is 5.75 Å². The van der Waals surface area contributed by atoms with Crippen LogP contribution in [-0.2, 0) is 9.59 Å². The first-order chi connectivity index (χ1) is 15.0. The molecular weight excluding hydrogens is 412 g/mol. The minimum Gasteiger partial charge on any atom is -0.492 e. The number of carbonyl (C=O) groups excluding carboxylic acids is 2. The van der Waals surface area contributed by atoms with Crippen LogP contribution in [0.15, 0.2) is 24.3 Å². The SMILES string of the molecule is O=C(CCCOc1ccccc1Cl)N1CCN(C(=O)C23CC4CC(CC(C4)C2)C3)CC1. The summed E-state index contributed by atoms with van der Waals surface area (Å²) in [5.74, 6) is 3.56. The number of carbonyl (C=O) groups is 2. The monoisotopic (exact) mass is 444 g/mol. The smallest absolute Gasteiger partial charge is 0.228 e. The molecule has 4 bridgehead atoms. The van der Waals surface area contributed by atoms with E-state index >= 15 is 0 Å². The Bertz CT molecular complexity index is 799. The van der Waals surface area contributed by atoms with Gasteiger partial charge in [-0.25, -0.2) is 0 Å². The Balaban J connectivity index is 1.07. The van der Waals surface area contributed by atoms with Crippen LogP contribution in [0.4, 0.5) is 0 Å². The van der Waals surface area contributed by atoms with Gasteiger partial charge in [-0.15, -0.1) is 0 Å². The standard InChI is InChI=1S/C25H33ClN2O3/c26-21-4-1-2-5-22(21)31-11-3-6-23(29)27-7-9-28(10-8-27)24(30)25-15-18-12-19(16-25)14-20(13-18)17-25/h1-2,4-5,18-20H,3,6-17H2. The van der Waals surface area contributed by atoms with Crippen LogP contribution < -0.4 is 4.74 Å². The second kappa shape index (κ2) is 8.65. The Morgan fingerprint density at radius 3 is 2.13 bits per heavy atom. The van der Waals surface area contributed by atoms with Crippen LogP contribution in [0, 0.1) is 23.2 Å². The average molecular weight is 445 g/mol. The average Bonchev–Trinajstić information content (AvgIpc) is 2.76. The zero-order valence-electron chi connectivity index (χ0n) is 18.2. The summed E-state index contributed by atoms with van der Waals surface area (Å²) in [6, 6.07) is 7.39. The summed E-state index contributed by atoms with van der Waals surface area (Å²) < 4.78 is 5.68. The van der Waals surface area contributed by atoms with Gasteiger partial charge in [-0.2, -0.15) is 0 Å². The van der Waals surface area contributed by atoms with Crippen LogP contribution in [0.5, 0.6) is 5.75 Å². The van der Waals surface area contributed by atoms with Crippen molar-refractivity contribution >= 4 is 23.4 Å². The summed E-state index contributed by atoms with van der Waals surface area (Å²) in [4.78, 5) is 30.1. The van der Waals surface area contributed by atoms with Crippen molar-refractivity contribution in [3.8, 4) is 5.75 Å². The van der Waals surface area contributed by atoms with Crippen LogP contribution in [0.2, 0.25) is 5.02 Å². The Labute approximate surface area is 190 Å². The van der Waals surface area contributed by atoms with E-state index in [0.717, 1.165) is 37.0 Å². The van der Waals surface area contributed by atoms with E-state index in [1.165, 1.54) is 19.3 Å². The second-order valence-electron chi connectivity index (χ2n) is 10.3. The van der Waals surface area contributed by atoms with E-state index in [1.54, 1.807) is 6.07 Å². The number of para-hydroxylation sites is 1. The van der Waals surface area contributed by atoms with Gasteiger partial charge in [0.05, 0.1) is 17.0 Å². The molecule has 2 amide bonds. The first-order valence-corrected chi connectivity index (χ1v) is 12.3. The Hall–Kier alpha value is -1.75. The molecule has 6 rings (SSSR count). The predicted molar refractivity (Wildman–Crippen MR) is 120 cm³/mol. The number of rotatable bonds is 6. The molecule has 1 aromatic carbocycles. The molecule has 4 saturated carbocycles. The quantitative estimate of drug-likeness (QED) is 0.611. The lowest BCUT2D eigenvalue weighted by molar-refractivity contribution is -0.160. The van der Waals surface area contributed by atoms with Gasteiger partial charge in [0.25, 0.3) is 0 Å². The van der Waals surface area contributed by atoms with Crippen molar-refractivity contribution in [2.45, 2.75) is 51.4 Å². The third-order valence-electron chi connectivity index (χ3n) is 8.04. The number of nitrogens with zero attached hydrogens (tertiary/aromatic N) is 2. The number of hydrogen-bond acceptors (Lipinski definition) is 3. The van der Waals surface area contributed by atoms with Crippen molar-refractivity contribution in [1.29, 1.82) is 0 Å². The lowest BCUT2D eigenvalue weighted by Crippen LogP contribution is -2.58. The maximum Gasteiger partial charge on any atom is 0.228 e. The van der Waals surface area contributed by atoms with Gasteiger partial charge in [-0.3, -0.25) is 9.59 Å². The summed E-state index contributed by atoms with van der Waals surface area (Å²) in [7, 11) is 0. The molecule has 5 fully saturated rings. The number of ether oxygens (including phenoxy) is 1. The molecule has 5 aliphatic rings. The number of benzene rings is 1. The summed E-state index contributed by atoms with van der Waals surface area (Å²) in [6.07, 6.45) is 8.54. The lowest BCUT2D eigenvalue weighted by atomic mass is 9.49. The molecule has 5 nitrogen and oxygen atoms in total. The fourth-order valence-electron chi connectivity index (χ4n) is 6.99. The minimum atomic E-state index is -0.0724. The van der Waals surface area contributed by atoms with Crippen molar-refractivity contribution < 1.29 is 14.3 Å². The van der Waals surface area contributed by atoms with Gasteiger partial charge in [0, 0.05) is 32.6 Å². The van der Waals surface area contributed by atoms with Crippen molar-refractivity contribution in [1.82, 2.24) is 9.80 Å². The number of amides is 2. The molecule has 1 heterocycles. The topological polar surface area (TPSA) is 49.9 Å². The van der Waals surface area contributed by atoms with Crippen molar-refractivity contribution in [3.63, 3.8) is 0 Å². The molecule has 0 spiro atoms. The van der Waals surface area contributed by atoms with Gasteiger partial charge in [-0.05, 0) is 74.8 Å². The molecule has 0 aromatic heterocycles. The normalized spacial score (nSPS) is 31.7. The number of hydrogen-bond donors (Lipinski definition) is 0. The van der Waals surface area contributed by atoms with Crippen LogP contribution in [-0.4, -0.2) is 54.4 Å². The summed E-state index contributed by atoms with van der Waals surface area (Å²) >= 11 is 6.09. The van der Waals surface area contributed by atoms with E-state index in [9.17, 15) is 9.59 Å². The van der Waals surface area contributed by atoms with Gasteiger partial charge < -0.3 is 14.5 Å². The fourth-order valence-corrected chi connectivity index (χ4v) is 7.18. The molecule has 31 heavy (non-hydrogen) atoms. The molecule has 1 aliphatic heterocycles. The van der Waals surface area contributed by atoms with E-state index in [4.69, 9.17) is 16.3 Å². The highest BCUT2D eigenvalue weighted by atomic mass is 35.5. The third kappa shape index (κ3) is 4.30. The molecule has 4 aliphatic carbocycles. The molecule has 0 radical (unpaired) electrons. The van der Waals surface area contributed by atoms with Gasteiger partial charge in [0.2, 0.25) is 11.8 Å². The zero-order valence-corrected chi connectivity index (χ0v) is 19.0. The number of piperazine rings is 1. The molecule has 0 atom stereocenters. The number of halogens is 1. The maximum absolute atomic E-state index is 13.5. The van der Waals surface area contributed by atoms with Crippen LogP contribution in [0.1, 0.15) is 51.4 Å². The van der Waals surface area contributed by atoms with Gasteiger partial charge >= 0.3 is 0 Å². The molecule has 168 valence electrons. The van der Waals surface area contributed by atoms with Gasteiger partial charge in [0.15, 0.2) is 0 Å². The first-order valence-electron chi connectivity index (χ1n) is 12.0. The Morgan fingerprint density at radius 1 is 0.935 bits per heavy atom. The summed E-state index contributed by atoms with van der Waals surface area (Å²) in [6.45, 7) is 3.15. The van der Waals surface area contributed by atoms with Crippen molar-refractivity contribution in [2.75, 3.05) is 32.8 Å². The molecule has 1 aromatic rings. The summed E-state index contributed by atoms with van der Waals surface area (Å²) in [5.41, 5.74) is -0.0724. The van der Waals surface area contributed by atoms with E-state index in [-0.39, 0.29) is 11.3 Å². The van der Waals surface area contributed by atoms with Crippen LogP contribution in [0.25, 0.3) is 0 Å². The van der Waals surface area contributed by atoms with Gasteiger partial charge in [-0.1, -0.05) is 23.7 Å². The molecule has 1 saturated heterocycles. The van der Waals surface area contributed by atoms with E-state index in [1.807, 2.05) is 23.1 Å².